The average Bonchev–Trinajstić information content (AvgIpc) is 1.31. The molecule has 0 atom stereocenters. The normalized spacial score (nSPS) is 11.1. The fourth-order valence-electron chi connectivity index (χ4n) is 18.3. The quantitative estimate of drug-likeness (QED) is 0.0758. The molecule has 0 saturated carbocycles. The van der Waals surface area contributed by atoms with Crippen LogP contribution in [0.5, 0.6) is 0 Å². The average molecular weight is 1800 g/mol. The van der Waals surface area contributed by atoms with Gasteiger partial charge in [-0.1, -0.05) is 446 Å². The van der Waals surface area contributed by atoms with Crippen molar-refractivity contribution >= 4 is 96.5 Å². The summed E-state index contributed by atoms with van der Waals surface area (Å²) in [5.41, 5.74) is 35.0. The van der Waals surface area contributed by atoms with Gasteiger partial charge >= 0.3 is 0 Å². The Morgan fingerprint density at radius 2 is 0.360 bits per heavy atom. The molecule has 0 N–H and O–H groups in total. The second kappa shape index (κ2) is 43.4. The van der Waals surface area contributed by atoms with Gasteiger partial charge in [0.05, 0.1) is 11.0 Å². The minimum absolute atomic E-state index is 0.851. The molecular formula is C129H127N5Si2. The van der Waals surface area contributed by atoms with Gasteiger partial charge in [0, 0.05) is 50.3 Å². The summed E-state index contributed by atoms with van der Waals surface area (Å²) in [6.45, 7) is 40.6. The topological polar surface area (TPSA) is 38.9 Å². The number of hydrogen-bond donors (Lipinski definition) is 0. The van der Waals surface area contributed by atoms with Gasteiger partial charge in [0.2, 0.25) is 0 Å². The van der Waals surface area contributed by atoms with E-state index in [1.54, 1.807) is 0 Å². The van der Waals surface area contributed by atoms with E-state index in [-0.39, 0.29) is 0 Å². The van der Waals surface area contributed by atoms with Crippen LogP contribution in [0.4, 0.5) is 17.1 Å². The Morgan fingerprint density at radius 1 is 0.169 bits per heavy atom. The predicted octanol–water partition coefficient (Wildman–Crippen LogP) is 28.2. The Labute approximate surface area is 810 Å². The Bertz CT molecular complexity index is 6750. The van der Waals surface area contributed by atoms with Crippen molar-refractivity contribution in [2.75, 3.05) is 4.90 Å². The third-order valence-electron chi connectivity index (χ3n) is 25.8. The lowest BCUT2D eigenvalue weighted by atomic mass is 10.1. The molecule has 0 amide bonds. The number of benzene rings is 18. The second-order valence-electron chi connectivity index (χ2n) is 37.4. The minimum Gasteiger partial charge on any atom is -0.311 e. The van der Waals surface area contributed by atoms with Gasteiger partial charge in [-0.25, -0.2) is 0 Å². The van der Waals surface area contributed by atoms with E-state index in [0.717, 1.165) is 28.5 Å². The number of aryl methyl sites for hydroxylation is 19. The number of fused-ring (bicyclic) bond motifs is 3. The van der Waals surface area contributed by atoms with E-state index in [1.165, 1.54) is 192 Å². The smallest absolute Gasteiger partial charge is 0.179 e. The molecule has 7 heteroatoms. The highest BCUT2D eigenvalue weighted by Gasteiger charge is 2.43. The summed E-state index contributed by atoms with van der Waals surface area (Å²) in [6.07, 6.45) is 0. The molecule has 0 saturated heterocycles. The fraction of sp³-hybridized carbons (Fsp3) is 0.147. The lowest BCUT2D eigenvalue weighted by Crippen LogP contribution is -2.74. The summed E-state index contributed by atoms with van der Waals surface area (Å²) in [6, 6.07) is 156. The number of hydrogen-bond acceptors (Lipinski definition) is 3. The SMILES string of the molecule is Cc1cc(C)cc(C)c1.Cc1ccc(-c2nnc(-c3ccc(C)cc3)n2-c2ccc(C)cc2)cc1.Cc1ccc(-n2c3cc(C)ccc3c3ccc(C)cc32)cc1.Cc1ccc(N(c2ccc(C)cc2)c2ccc(C)cc2)cc1.Cc1ccc([Si](c2ccc(C)cc2)(c2ccc(C)cc2)c2ccc(C)cc2)cc1.Cc1ccc([Si](c2ccccc2)(c2ccc(C)cc2)c2ccc(C)cc2)cc1. The molecule has 676 valence electrons. The Kier molecular flexibility index (Phi) is 30.6. The number of anilines is 3. The molecule has 18 aromatic carbocycles. The van der Waals surface area contributed by atoms with E-state index in [4.69, 9.17) is 0 Å². The second-order valence-corrected chi connectivity index (χ2v) is 45.0. The fourth-order valence-corrected chi connectivity index (χ4v) is 27.6. The van der Waals surface area contributed by atoms with Gasteiger partial charge in [0.25, 0.3) is 0 Å². The van der Waals surface area contributed by atoms with E-state index in [1.807, 2.05) is 0 Å². The van der Waals surface area contributed by atoms with Crippen LogP contribution in [0.15, 0.2) is 425 Å². The lowest BCUT2D eigenvalue weighted by molar-refractivity contribution is 1.07. The molecular weight excluding hydrogens is 1680 g/mol. The van der Waals surface area contributed by atoms with Gasteiger partial charge in [-0.2, -0.15) is 0 Å². The molecule has 20 rings (SSSR count). The maximum atomic E-state index is 4.53. The van der Waals surface area contributed by atoms with Gasteiger partial charge in [0.1, 0.15) is 0 Å². The van der Waals surface area contributed by atoms with Crippen molar-refractivity contribution < 1.29 is 0 Å². The third kappa shape index (κ3) is 22.5. The number of nitrogens with zero attached hydrogens (tertiary/aromatic N) is 5. The summed E-state index contributed by atoms with van der Waals surface area (Å²) in [5.74, 6) is 1.70. The van der Waals surface area contributed by atoms with Gasteiger partial charge in [-0.05, 0) is 257 Å². The van der Waals surface area contributed by atoms with Crippen molar-refractivity contribution in [2.45, 2.75) is 132 Å². The zero-order chi connectivity index (χ0) is 95.7. The highest BCUT2D eigenvalue weighted by atomic mass is 28.3. The molecule has 0 aliphatic carbocycles. The van der Waals surface area contributed by atoms with Crippen molar-refractivity contribution in [2.24, 2.45) is 0 Å². The van der Waals surface area contributed by atoms with Gasteiger partial charge < -0.3 is 9.47 Å². The molecule has 20 aromatic rings. The summed E-state index contributed by atoms with van der Waals surface area (Å²) in [7, 11) is -4.76. The van der Waals surface area contributed by atoms with E-state index < -0.39 is 16.1 Å². The first-order chi connectivity index (χ1) is 65.7. The Morgan fingerprint density at radius 3 is 0.596 bits per heavy atom. The zero-order valence-electron chi connectivity index (χ0n) is 82.7. The molecule has 0 spiro atoms. The molecule has 0 bridgehead atoms. The molecule has 0 aliphatic heterocycles. The van der Waals surface area contributed by atoms with Gasteiger partial charge in [-0.3, -0.25) is 4.57 Å². The van der Waals surface area contributed by atoms with Crippen LogP contribution < -0.4 is 46.4 Å². The Balaban J connectivity index is 0.000000127. The molecule has 0 fully saturated rings. The molecule has 0 aliphatic rings. The van der Waals surface area contributed by atoms with E-state index in [0.29, 0.717) is 0 Å². The van der Waals surface area contributed by atoms with E-state index in [9.17, 15) is 0 Å². The van der Waals surface area contributed by atoms with Crippen LogP contribution in [-0.4, -0.2) is 35.5 Å². The standard InChI is InChI=1S/C28H28Si.C27H26Si.C23H21N3.C21H19N.C21H21N.C9H12/c1-21-5-13-25(14-6-21)29(26-15-7-22(2)8-16-26,27-17-9-23(3)10-18-27)28-19-11-24(4)12-20-28;1-21-9-15-25(16-10-21)28(24-7-5-4-6-8-24,26-17-11-22(2)12-18-26)27-19-13-23(3)14-20-27;1-16-4-10-19(11-5-16)22-24-25-23(20-12-6-17(2)7-13-20)26(22)21-14-8-18(3)9-15-21;1-14-4-8-17(9-5-14)22-20-12-15(2)6-10-18(20)19-11-7-16(3)13-21(19)22;1-16-4-10-19(11-5-16)22(20-12-6-17(2)7-13-20)21-14-8-18(3)9-15-21;1-7-4-8(2)6-9(3)5-7/h5-20H,1-4H3;4-20H,1-3H3;4-15H,1-3H3;4-13H,1-3H3;4-15H,1-3H3;4-6H,1-3H3. The highest BCUT2D eigenvalue weighted by molar-refractivity contribution is 7.20. The van der Waals surface area contributed by atoms with Crippen LogP contribution in [0.1, 0.15) is 106 Å². The first-order valence-corrected chi connectivity index (χ1v) is 51.5. The lowest BCUT2D eigenvalue weighted by Gasteiger charge is -2.34. The number of rotatable bonds is 15. The van der Waals surface area contributed by atoms with Crippen LogP contribution >= 0.6 is 0 Å². The summed E-state index contributed by atoms with van der Waals surface area (Å²) < 4.78 is 4.51. The predicted molar refractivity (Wildman–Crippen MR) is 591 cm³/mol. The van der Waals surface area contributed by atoms with Crippen LogP contribution in [0.25, 0.3) is 56.0 Å². The van der Waals surface area contributed by atoms with E-state index in [2.05, 4.69) is 580 Å². The third-order valence-corrected chi connectivity index (χ3v) is 35.4. The van der Waals surface area contributed by atoms with Crippen LogP contribution in [-0.2, 0) is 0 Å². The van der Waals surface area contributed by atoms with Crippen molar-refractivity contribution in [3.63, 3.8) is 0 Å². The molecule has 0 unspecified atom stereocenters. The van der Waals surface area contributed by atoms with Gasteiger partial charge in [0.15, 0.2) is 27.8 Å². The van der Waals surface area contributed by atoms with Crippen molar-refractivity contribution in [1.82, 2.24) is 19.3 Å². The summed E-state index contributed by atoms with van der Waals surface area (Å²) >= 11 is 0. The molecule has 136 heavy (non-hydrogen) atoms. The van der Waals surface area contributed by atoms with Gasteiger partial charge in [-0.15, -0.1) is 10.2 Å². The van der Waals surface area contributed by atoms with Crippen LogP contribution in [0.3, 0.4) is 0 Å². The molecule has 2 aromatic heterocycles. The Hall–Kier alpha value is -14.9. The first-order valence-electron chi connectivity index (χ1n) is 47.5. The largest absolute Gasteiger partial charge is 0.311 e. The summed E-state index contributed by atoms with van der Waals surface area (Å²) in [5, 5.41) is 23.1. The number of aromatic nitrogens is 4. The molecule has 2 heterocycles. The van der Waals surface area contributed by atoms with Crippen LogP contribution in [0, 0.1) is 132 Å². The van der Waals surface area contributed by atoms with E-state index >= 15 is 0 Å². The van der Waals surface area contributed by atoms with Crippen molar-refractivity contribution in [3.8, 4) is 34.2 Å². The minimum atomic E-state index is -2.39. The molecule has 0 radical (unpaired) electrons. The first kappa shape index (κ1) is 95.7. The van der Waals surface area contributed by atoms with Crippen molar-refractivity contribution in [1.29, 1.82) is 0 Å². The maximum absolute atomic E-state index is 4.53. The highest BCUT2D eigenvalue weighted by Crippen LogP contribution is 2.37. The summed E-state index contributed by atoms with van der Waals surface area (Å²) in [4.78, 5) is 2.29. The van der Waals surface area contributed by atoms with Crippen molar-refractivity contribution in [3.05, 3.63) is 530 Å². The monoisotopic (exact) mass is 1800 g/mol. The van der Waals surface area contributed by atoms with Crippen LogP contribution in [0.2, 0.25) is 0 Å². The zero-order valence-corrected chi connectivity index (χ0v) is 84.7. The maximum Gasteiger partial charge on any atom is 0.179 e. The molecule has 5 nitrogen and oxygen atoms in total.